The van der Waals surface area contributed by atoms with Gasteiger partial charge in [0.15, 0.2) is 0 Å². The normalized spacial score (nSPS) is 11.9. The predicted molar refractivity (Wildman–Crippen MR) is 56.1 cm³/mol. The van der Waals surface area contributed by atoms with Crippen LogP contribution in [0.5, 0.6) is 0 Å². The topological polar surface area (TPSA) is 41.1 Å². The molecule has 3 nitrogen and oxygen atoms in total. The molecule has 0 radical (unpaired) electrons. The summed E-state index contributed by atoms with van der Waals surface area (Å²) >= 11 is 0. The molecule has 96 valence electrons. The number of hydrogen-bond donors (Lipinski definition) is 2. The number of nitrogens with one attached hydrogen (secondary N) is 2. The second-order valence-corrected chi connectivity index (χ2v) is 3.93. The first-order chi connectivity index (χ1) is 7.31. The van der Waals surface area contributed by atoms with Crippen LogP contribution in [0.3, 0.4) is 0 Å². The average Bonchev–Trinajstić information content (AvgIpc) is 2.10. The van der Waals surface area contributed by atoms with Crippen LogP contribution in [0.25, 0.3) is 0 Å². The largest absolute Gasteiger partial charge is 0.389 e. The summed E-state index contributed by atoms with van der Waals surface area (Å²) < 4.78 is 35.2. The highest BCUT2D eigenvalue weighted by atomic mass is 19.4. The highest BCUT2D eigenvalue weighted by molar-refractivity contribution is 5.75. The van der Waals surface area contributed by atoms with Crippen molar-refractivity contribution in [1.82, 2.24) is 10.6 Å². The summed E-state index contributed by atoms with van der Waals surface area (Å²) in [6.07, 6.45) is -4.75. The third-order valence-corrected chi connectivity index (χ3v) is 1.86. The molecule has 6 heteroatoms. The maximum absolute atomic E-state index is 11.7. The molecular weight excluding hydrogens is 221 g/mol. The van der Waals surface area contributed by atoms with Gasteiger partial charge in [-0.15, -0.1) is 0 Å². The first-order valence-electron chi connectivity index (χ1n) is 5.38. The van der Waals surface area contributed by atoms with Crippen molar-refractivity contribution in [3.63, 3.8) is 0 Å². The van der Waals surface area contributed by atoms with E-state index in [1.165, 1.54) is 0 Å². The fourth-order valence-electron chi connectivity index (χ4n) is 1.08. The van der Waals surface area contributed by atoms with Crippen molar-refractivity contribution in [3.8, 4) is 0 Å². The summed E-state index contributed by atoms with van der Waals surface area (Å²) in [7, 11) is 0. The third-order valence-electron chi connectivity index (χ3n) is 1.86. The predicted octanol–water partition coefficient (Wildman–Crippen LogP) is 1.83. The maximum atomic E-state index is 11.7. The Bertz CT molecular complexity index is 205. The Morgan fingerprint density at radius 1 is 1.25 bits per heavy atom. The SMILES string of the molecule is CC(C)NCCC(=O)NCCCC(F)(F)F. The van der Waals surface area contributed by atoms with Crippen molar-refractivity contribution in [1.29, 1.82) is 0 Å². The summed E-state index contributed by atoms with van der Waals surface area (Å²) in [4.78, 5) is 11.1. The number of amides is 1. The van der Waals surface area contributed by atoms with Crippen LogP contribution in [0.15, 0.2) is 0 Å². The van der Waals surface area contributed by atoms with Gasteiger partial charge in [-0.05, 0) is 6.42 Å². The maximum Gasteiger partial charge on any atom is 0.389 e. The highest BCUT2D eigenvalue weighted by Gasteiger charge is 2.25. The molecule has 0 saturated carbocycles. The zero-order chi connectivity index (χ0) is 12.6. The van der Waals surface area contributed by atoms with Gasteiger partial charge >= 0.3 is 6.18 Å². The lowest BCUT2D eigenvalue weighted by Gasteiger charge is -2.09. The molecule has 0 aliphatic carbocycles. The van der Waals surface area contributed by atoms with Gasteiger partial charge in [-0.2, -0.15) is 13.2 Å². The molecule has 0 aromatic heterocycles. The van der Waals surface area contributed by atoms with E-state index in [0.717, 1.165) is 0 Å². The van der Waals surface area contributed by atoms with Crippen LogP contribution in [0.1, 0.15) is 33.1 Å². The van der Waals surface area contributed by atoms with Crippen LogP contribution in [-0.4, -0.2) is 31.2 Å². The number of carbonyl (C=O) groups is 1. The average molecular weight is 240 g/mol. The zero-order valence-corrected chi connectivity index (χ0v) is 9.66. The Labute approximate surface area is 93.8 Å². The summed E-state index contributed by atoms with van der Waals surface area (Å²) in [6, 6.07) is 0.304. The molecule has 0 spiro atoms. The molecule has 0 saturated heterocycles. The standard InChI is InChI=1S/C10H19F3N2O/c1-8(2)14-7-4-9(16)15-6-3-5-10(11,12)13/h8,14H,3-7H2,1-2H3,(H,15,16). The fraction of sp³-hybridized carbons (Fsp3) is 0.900. The van der Waals surface area contributed by atoms with E-state index in [2.05, 4.69) is 10.6 Å². The highest BCUT2D eigenvalue weighted by Crippen LogP contribution is 2.20. The summed E-state index contributed by atoms with van der Waals surface area (Å²) in [5.41, 5.74) is 0. The van der Waals surface area contributed by atoms with E-state index in [1.54, 1.807) is 0 Å². The van der Waals surface area contributed by atoms with Crippen molar-refractivity contribution in [2.45, 2.75) is 45.3 Å². The molecule has 0 fully saturated rings. The Morgan fingerprint density at radius 3 is 2.38 bits per heavy atom. The van der Waals surface area contributed by atoms with Gasteiger partial charge < -0.3 is 10.6 Å². The van der Waals surface area contributed by atoms with Gasteiger partial charge in [0.25, 0.3) is 0 Å². The molecule has 1 amide bonds. The van der Waals surface area contributed by atoms with Gasteiger partial charge in [0.2, 0.25) is 5.91 Å². The monoisotopic (exact) mass is 240 g/mol. The van der Waals surface area contributed by atoms with E-state index in [0.29, 0.717) is 19.0 Å². The van der Waals surface area contributed by atoms with Crippen molar-refractivity contribution in [2.24, 2.45) is 0 Å². The zero-order valence-electron chi connectivity index (χ0n) is 9.66. The molecule has 16 heavy (non-hydrogen) atoms. The second kappa shape index (κ2) is 7.49. The molecular formula is C10H19F3N2O. The van der Waals surface area contributed by atoms with E-state index < -0.39 is 12.6 Å². The molecule has 0 aliphatic rings. The Hall–Kier alpha value is -0.780. The van der Waals surface area contributed by atoms with E-state index in [9.17, 15) is 18.0 Å². The number of rotatable bonds is 7. The van der Waals surface area contributed by atoms with Gasteiger partial charge in [0.1, 0.15) is 0 Å². The summed E-state index contributed by atoms with van der Waals surface area (Å²) in [5, 5.41) is 5.50. The van der Waals surface area contributed by atoms with Crippen LogP contribution in [0, 0.1) is 0 Å². The summed E-state index contributed by atoms with van der Waals surface area (Å²) in [6.45, 7) is 4.55. The van der Waals surface area contributed by atoms with Crippen molar-refractivity contribution >= 4 is 5.91 Å². The minimum Gasteiger partial charge on any atom is -0.356 e. The van der Waals surface area contributed by atoms with Gasteiger partial charge in [-0.1, -0.05) is 13.8 Å². The smallest absolute Gasteiger partial charge is 0.356 e. The molecule has 0 bridgehead atoms. The molecule has 0 heterocycles. The van der Waals surface area contributed by atoms with Crippen molar-refractivity contribution in [3.05, 3.63) is 0 Å². The van der Waals surface area contributed by atoms with Crippen LogP contribution in [0.2, 0.25) is 0 Å². The van der Waals surface area contributed by atoms with Crippen LogP contribution in [0.4, 0.5) is 13.2 Å². The molecule has 0 aliphatic heterocycles. The first kappa shape index (κ1) is 15.2. The Balaban J connectivity index is 3.38. The van der Waals surface area contributed by atoms with E-state index in [1.807, 2.05) is 13.8 Å². The lowest BCUT2D eigenvalue weighted by atomic mass is 10.3. The van der Waals surface area contributed by atoms with Gasteiger partial charge in [-0.25, -0.2) is 0 Å². The number of alkyl halides is 3. The number of halogens is 3. The molecule has 2 N–H and O–H groups in total. The lowest BCUT2D eigenvalue weighted by Crippen LogP contribution is -2.31. The van der Waals surface area contributed by atoms with Gasteiger partial charge in [0.05, 0.1) is 0 Å². The molecule has 0 aromatic carbocycles. The van der Waals surface area contributed by atoms with Crippen LogP contribution in [-0.2, 0) is 4.79 Å². The number of hydrogen-bond acceptors (Lipinski definition) is 2. The third kappa shape index (κ3) is 11.3. The van der Waals surface area contributed by atoms with E-state index in [4.69, 9.17) is 0 Å². The Kier molecular flexibility index (Phi) is 7.12. The van der Waals surface area contributed by atoms with Crippen LogP contribution >= 0.6 is 0 Å². The van der Waals surface area contributed by atoms with Gasteiger partial charge in [-0.3, -0.25) is 4.79 Å². The van der Waals surface area contributed by atoms with Crippen molar-refractivity contribution in [2.75, 3.05) is 13.1 Å². The van der Waals surface area contributed by atoms with Crippen LogP contribution < -0.4 is 10.6 Å². The molecule has 0 rings (SSSR count). The quantitative estimate of drug-likeness (QED) is 0.667. The van der Waals surface area contributed by atoms with E-state index >= 15 is 0 Å². The van der Waals surface area contributed by atoms with Gasteiger partial charge in [0, 0.05) is 32.0 Å². The molecule has 0 atom stereocenters. The second-order valence-electron chi connectivity index (χ2n) is 3.93. The fourth-order valence-corrected chi connectivity index (χ4v) is 1.08. The minimum atomic E-state index is -4.13. The molecule has 0 aromatic rings. The first-order valence-corrected chi connectivity index (χ1v) is 5.38. The minimum absolute atomic E-state index is 0.0626. The Morgan fingerprint density at radius 2 is 1.88 bits per heavy atom. The summed E-state index contributed by atoms with van der Waals surface area (Å²) in [5.74, 6) is -0.213. The lowest BCUT2D eigenvalue weighted by molar-refractivity contribution is -0.136. The molecule has 0 unspecified atom stereocenters. The number of carbonyl (C=O) groups excluding carboxylic acids is 1. The van der Waals surface area contributed by atoms with Crippen molar-refractivity contribution < 1.29 is 18.0 Å². The van der Waals surface area contributed by atoms with E-state index in [-0.39, 0.29) is 18.9 Å².